The number of benzene rings is 3. The predicted molar refractivity (Wildman–Crippen MR) is 182 cm³/mol. The number of carbonyl (C=O) groups excluding carboxylic acids is 2. The van der Waals surface area contributed by atoms with Crippen LogP contribution in [0.25, 0.3) is 0 Å². The summed E-state index contributed by atoms with van der Waals surface area (Å²) in [5.74, 6) is -0.780. The normalized spacial score (nSPS) is 13.8. The number of ether oxygens (including phenoxy) is 2. The summed E-state index contributed by atoms with van der Waals surface area (Å²) in [6.45, 7) is 9.88. The topological polar surface area (TPSA) is 142 Å². The first-order valence-electron chi connectivity index (χ1n) is 15.0. The highest BCUT2D eigenvalue weighted by molar-refractivity contribution is 7.90. The molecule has 0 radical (unpaired) electrons. The summed E-state index contributed by atoms with van der Waals surface area (Å²) in [7, 11) is -1.17. The minimum absolute atomic E-state index is 0.0222. The Bertz CT molecular complexity index is 1770. The minimum atomic E-state index is -4.05. The summed E-state index contributed by atoms with van der Waals surface area (Å²) < 4.78 is 39.0. The molecule has 13 heteroatoms. The number of hydrogen-bond donors (Lipinski definition) is 2. The van der Waals surface area contributed by atoms with Crippen LogP contribution in [0.4, 0.5) is 28.4 Å². The number of aryl methyl sites for hydroxylation is 1. The van der Waals surface area contributed by atoms with E-state index in [0.717, 1.165) is 28.6 Å². The third kappa shape index (κ3) is 7.54. The Morgan fingerprint density at radius 1 is 0.978 bits per heavy atom. The van der Waals surface area contributed by atoms with Gasteiger partial charge < -0.3 is 25.0 Å². The van der Waals surface area contributed by atoms with Crippen LogP contribution in [0.5, 0.6) is 5.75 Å². The number of hydrogen-bond acceptors (Lipinski definition) is 9. The number of fused-ring (bicyclic) bond motifs is 1. The van der Waals surface area contributed by atoms with Gasteiger partial charge in [-0.05, 0) is 74.9 Å². The van der Waals surface area contributed by atoms with Crippen LogP contribution in [-0.4, -0.2) is 76.5 Å². The highest BCUT2D eigenvalue weighted by atomic mass is 32.2. The number of rotatable bonds is 13. The zero-order valence-electron chi connectivity index (χ0n) is 27.0. The molecule has 46 heavy (non-hydrogen) atoms. The molecule has 0 aromatic heterocycles. The lowest BCUT2D eigenvalue weighted by Gasteiger charge is -2.27. The van der Waals surface area contributed by atoms with E-state index in [1.807, 2.05) is 19.1 Å². The lowest BCUT2D eigenvalue weighted by atomic mass is 10.1. The first kappa shape index (κ1) is 34.1. The number of nitrogens with one attached hydrogen (secondary N) is 2. The van der Waals surface area contributed by atoms with Gasteiger partial charge in [0.05, 0.1) is 23.7 Å². The molecule has 244 valence electrons. The number of carbonyl (C=O) groups is 2. The Balaban J connectivity index is 1.85. The molecule has 12 nitrogen and oxygen atoms in total. The van der Waals surface area contributed by atoms with E-state index in [4.69, 9.17) is 14.5 Å². The Kier molecular flexibility index (Phi) is 11.1. The van der Waals surface area contributed by atoms with E-state index in [0.29, 0.717) is 23.7 Å². The second-order valence-electron chi connectivity index (χ2n) is 10.4. The van der Waals surface area contributed by atoms with Crippen molar-refractivity contribution in [2.45, 2.75) is 39.0 Å². The summed E-state index contributed by atoms with van der Waals surface area (Å²) in [6.07, 6.45) is 0.263. The van der Waals surface area contributed by atoms with Gasteiger partial charge in [0.2, 0.25) is 5.91 Å². The van der Waals surface area contributed by atoms with E-state index < -0.39 is 15.9 Å². The Morgan fingerprint density at radius 3 is 2.39 bits per heavy atom. The average molecular weight is 649 g/mol. The van der Waals surface area contributed by atoms with E-state index >= 15 is 0 Å². The largest absolute Gasteiger partial charge is 0.489 e. The molecule has 0 unspecified atom stereocenters. The standard InChI is InChI=1S/C33H40N6O6S/c1-7-30(40)34-23-14-17-28(45-19-18-44-6)27(21-23)37-33(41)31(35-25-16-15-24(20-22(25)4)39(8-2)9-3)32-36-26-12-10-11-13-29(26)46(42,43)38(32)5/h10-17,20-21H,7-9,18-19H2,1-6H3,(H,34,40)(H,37,41)/b35-31-. The van der Waals surface area contributed by atoms with Gasteiger partial charge in [-0.15, -0.1) is 0 Å². The molecular formula is C33H40N6O6S. The lowest BCUT2D eigenvalue weighted by molar-refractivity contribution is -0.116. The smallest absolute Gasteiger partial charge is 0.278 e. The fourth-order valence-corrected chi connectivity index (χ4v) is 6.06. The summed E-state index contributed by atoms with van der Waals surface area (Å²) in [4.78, 5) is 37.9. The molecule has 0 atom stereocenters. The predicted octanol–water partition coefficient (Wildman–Crippen LogP) is 5.29. The van der Waals surface area contributed by atoms with Crippen LogP contribution in [0, 0.1) is 6.92 Å². The zero-order chi connectivity index (χ0) is 33.4. The minimum Gasteiger partial charge on any atom is -0.489 e. The van der Waals surface area contributed by atoms with Gasteiger partial charge in [-0.1, -0.05) is 19.1 Å². The SMILES string of the molecule is CCC(=O)Nc1ccc(OCCOC)c(NC(=O)/C(=N\c2ccc(N(CC)CC)cc2C)C2=Nc3ccccc3S(=O)(=O)N2C)c1. The van der Waals surface area contributed by atoms with Crippen LogP contribution < -0.4 is 20.3 Å². The maximum atomic E-state index is 14.2. The van der Waals surface area contributed by atoms with Crippen molar-refractivity contribution in [1.29, 1.82) is 0 Å². The van der Waals surface area contributed by atoms with Gasteiger partial charge in [0.1, 0.15) is 17.3 Å². The molecular weight excluding hydrogens is 608 g/mol. The van der Waals surface area contributed by atoms with E-state index in [1.54, 1.807) is 56.5 Å². The van der Waals surface area contributed by atoms with E-state index in [2.05, 4.69) is 34.4 Å². The molecule has 3 aromatic carbocycles. The first-order chi connectivity index (χ1) is 22.0. The van der Waals surface area contributed by atoms with Gasteiger partial charge in [0.25, 0.3) is 15.9 Å². The number of aliphatic imine (C=N–C) groups is 2. The van der Waals surface area contributed by atoms with Crippen LogP contribution in [0.1, 0.15) is 32.8 Å². The van der Waals surface area contributed by atoms with E-state index in [-0.39, 0.29) is 46.8 Å². The quantitative estimate of drug-likeness (QED) is 0.189. The fourth-order valence-electron chi connectivity index (χ4n) is 4.79. The van der Waals surface area contributed by atoms with Gasteiger partial charge in [0.15, 0.2) is 11.5 Å². The molecule has 2 N–H and O–H groups in total. The summed E-state index contributed by atoms with van der Waals surface area (Å²) in [5, 5.41) is 5.60. The first-order valence-corrected chi connectivity index (χ1v) is 16.5. The van der Waals surface area contributed by atoms with Gasteiger partial charge in [-0.2, -0.15) is 0 Å². The highest BCUT2D eigenvalue weighted by Gasteiger charge is 2.36. The molecule has 1 aliphatic rings. The van der Waals surface area contributed by atoms with Crippen molar-refractivity contribution in [2.75, 3.05) is 56.0 Å². The number of anilines is 3. The van der Waals surface area contributed by atoms with Gasteiger partial charge in [-0.3, -0.25) is 13.9 Å². The molecule has 1 aliphatic heterocycles. The van der Waals surface area contributed by atoms with Crippen molar-refractivity contribution in [1.82, 2.24) is 4.31 Å². The Labute approximate surface area is 270 Å². The number of nitrogens with zero attached hydrogens (tertiary/aromatic N) is 4. The molecule has 0 fully saturated rings. The van der Waals surface area contributed by atoms with Gasteiger partial charge in [0, 0.05) is 45.0 Å². The average Bonchev–Trinajstić information content (AvgIpc) is 3.04. The van der Waals surface area contributed by atoms with Crippen molar-refractivity contribution < 1.29 is 27.5 Å². The summed E-state index contributed by atoms with van der Waals surface area (Å²) >= 11 is 0. The maximum Gasteiger partial charge on any atom is 0.278 e. The monoisotopic (exact) mass is 648 g/mol. The molecule has 2 amide bonds. The molecule has 4 rings (SSSR count). The zero-order valence-corrected chi connectivity index (χ0v) is 27.8. The second kappa shape index (κ2) is 15.0. The lowest BCUT2D eigenvalue weighted by Crippen LogP contribution is -2.44. The van der Waals surface area contributed by atoms with Crippen LogP contribution in [-0.2, 0) is 24.3 Å². The van der Waals surface area contributed by atoms with Crippen LogP contribution >= 0.6 is 0 Å². The molecule has 0 saturated heterocycles. The Morgan fingerprint density at radius 2 is 1.72 bits per heavy atom. The molecule has 0 spiro atoms. The summed E-state index contributed by atoms with van der Waals surface area (Å²) in [6, 6.07) is 16.8. The van der Waals surface area contributed by atoms with Crippen molar-refractivity contribution in [3.63, 3.8) is 0 Å². The van der Waals surface area contributed by atoms with Gasteiger partial charge in [-0.25, -0.2) is 18.4 Å². The third-order valence-electron chi connectivity index (χ3n) is 7.37. The molecule has 1 heterocycles. The maximum absolute atomic E-state index is 14.2. The van der Waals surface area contributed by atoms with Crippen molar-refractivity contribution in [2.24, 2.45) is 9.98 Å². The number of sulfonamides is 1. The second-order valence-corrected chi connectivity index (χ2v) is 12.3. The van der Waals surface area contributed by atoms with Crippen LogP contribution in [0.15, 0.2) is 75.5 Å². The van der Waals surface area contributed by atoms with Crippen molar-refractivity contribution in [3.05, 3.63) is 66.2 Å². The van der Waals surface area contributed by atoms with Crippen LogP contribution in [0.2, 0.25) is 0 Å². The number of methoxy groups -OCH3 is 1. The third-order valence-corrected chi connectivity index (χ3v) is 9.17. The van der Waals surface area contributed by atoms with Crippen LogP contribution in [0.3, 0.4) is 0 Å². The summed E-state index contributed by atoms with van der Waals surface area (Å²) in [5.41, 5.74) is 2.88. The van der Waals surface area contributed by atoms with E-state index in [1.165, 1.54) is 13.1 Å². The molecule has 0 bridgehead atoms. The van der Waals surface area contributed by atoms with E-state index in [9.17, 15) is 18.0 Å². The highest BCUT2D eigenvalue weighted by Crippen LogP contribution is 2.34. The molecule has 0 aliphatic carbocycles. The molecule has 0 saturated carbocycles. The van der Waals surface area contributed by atoms with Gasteiger partial charge >= 0.3 is 0 Å². The number of amidine groups is 1. The van der Waals surface area contributed by atoms with Crippen molar-refractivity contribution >= 4 is 61.8 Å². The fraction of sp³-hybridized carbons (Fsp3) is 0.333. The Hall–Kier alpha value is -4.75. The van der Waals surface area contributed by atoms with Crippen molar-refractivity contribution in [3.8, 4) is 5.75 Å². The number of para-hydroxylation sites is 1. The molecule has 3 aromatic rings. The number of amides is 2.